The van der Waals surface area contributed by atoms with Crippen LogP contribution in [0.2, 0.25) is 0 Å². The first-order valence-electron chi connectivity index (χ1n) is 5.74. The minimum Gasteiger partial charge on any atom is -0.344 e. The largest absolute Gasteiger partial charge is 0.344 e. The van der Waals surface area contributed by atoms with Crippen molar-refractivity contribution in [1.82, 2.24) is 0 Å². The second kappa shape index (κ2) is 4.88. The van der Waals surface area contributed by atoms with Gasteiger partial charge in [-0.15, -0.1) is 0 Å². The molecule has 17 heavy (non-hydrogen) atoms. The van der Waals surface area contributed by atoms with E-state index in [1.165, 1.54) is 16.9 Å². The SMILES string of the molecule is C=Cc1ccc(N(C)c2ccccc2C)cc1. The van der Waals surface area contributed by atoms with Crippen molar-refractivity contribution in [3.8, 4) is 0 Å². The van der Waals surface area contributed by atoms with E-state index in [0.29, 0.717) is 0 Å². The van der Waals surface area contributed by atoms with Crippen LogP contribution in [0.5, 0.6) is 0 Å². The molecule has 0 fully saturated rings. The van der Waals surface area contributed by atoms with Crippen LogP contribution in [-0.4, -0.2) is 7.05 Å². The molecular weight excluding hydrogens is 206 g/mol. The highest BCUT2D eigenvalue weighted by molar-refractivity contribution is 5.66. The Hall–Kier alpha value is -2.02. The molecule has 0 spiro atoms. The summed E-state index contributed by atoms with van der Waals surface area (Å²) in [5.74, 6) is 0. The molecule has 2 aromatic rings. The molecule has 0 N–H and O–H groups in total. The van der Waals surface area contributed by atoms with Gasteiger partial charge in [0.15, 0.2) is 0 Å². The van der Waals surface area contributed by atoms with Gasteiger partial charge in [0.25, 0.3) is 0 Å². The van der Waals surface area contributed by atoms with E-state index in [0.717, 1.165) is 5.56 Å². The summed E-state index contributed by atoms with van der Waals surface area (Å²) in [6, 6.07) is 16.8. The summed E-state index contributed by atoms with van der Waals surface area (Å²) >= 11 is 0. The number of hydrogen-bond acceptors (Lipinski definition) is 1. The first kappa shape index (κ1) is 11.5. The van der Waals surface area contributed by atoms with Crippen LogP contribution in [0.1, 0.15) is 11.1 Å². The summed E-state index contributed by atoms with van der Waals surface area (Å²) < 4.78 is 0. The molecule has 86 valence electrons. The molecule has 0 unspecified atom stereocenters. The van der Waals surface area contributed by atoms with Gasteiger partial charge in [-0.05, 0) is 36.2 Å². The van der Waals surface area contributed by atoms with Gasteiger partial charge in [0, 0.05) is 18.4 Å². The van der Waals surface area contributed by atoms with Crippen molar-refractivity contribution in [2.24, 2.45) is 0 Å². The molecule has 0 saturated heterocycles. The van der Waals surface area contributed by atoms with Crippen LogP contribution >= 0.6 is 0 Å². The standard InChI is InChI=1S/C16H17N/c1-4-14-9-11-15(12-10-14)17(3)16-8-6-5-7-13(16)2/h4-12H,1H2,2-3H3. The second-order valence-electron chi connectivity index (χ2n) is 4.14. The Morgan fingerprint density at radius 3 is 2.24 bits per heavy atom. The van der Waals surface area contributed by atoms with Gasteiger partial charge in [0.05, 0.1) is 0 Å². The Morgan fingerprint density at radius 1 is 1.00 bits per heavy atom. The van der Waals surface area contributed by atoms with Gasteiger partial charge >= 0.3 is 0 Å². The highest BCUT2D eigenvalue weighted by Crippen LogP contribution is 2.26. The third-order valence-electron chi connectivity index (χ3n) is 2.99. The van der Waals surface area contributed by atoms with Crippen molar-refractivity contribution in [3.05, 3.63) is 66.2 Å². The zero-order chi connectivity index (χ0) is 12.3. The topological polar surface area (TPSA) is 3.24 Å². The predicted molar refractivity (Wildman–Crippen MR) is 75.8 cm³/mol. The highest BCUT2D eigenvalue weighted by Gasteiger charge is 2.05. The Morgan fingerprint density at radius 2 is 1.65 bits per heavy atom. The molecule has 0 radical (unpaired) electrons. The summed E-state index contributed by atoms with van der Waals surface area (Å²) in [7, 11) is 2.09. The first-order valence-corrected chi connectivity index (χ1v) is 5.74. The van der Waals surface area contributed by atoms with E-state index in [1.54, 1.807) is 0 Å². The molecule has 0 saturated carbocycles. The van der Waals surface area contributed by atoms with Crippen LogP contribution < -0.4 is 4.90 Å². The van der Waals surface area contributed by atoms with Gasteiger partial charge in [0.1, 0.15) is 0 Å². The lowest BCUT2D eigenvalue weighted by Crippen LogP contribution is -2.10. The Bertz CT molecular complexity index is 511. The van der Waals surface area contributed by atoms with Gasteiger partial charge in [-0.3, -0.25) is 0 Å². The number of nitrogens with zero attached hydrogens (tertiary/aromatic N) is 1. The van der Waals surface area contributed by atoms with Crippen molar-refractivity contribution in [2.45, 2.75) is 6.92 Å². The minimum atomic E-state index is 1.15. The van der Waals surface area contributed by atoms with Gasteiger partial charge in [-0.25, -0.2) is 0 Å². The molecule has 0 atom stereocenters. The number of anilines is 2. The van der Waals surface area contributed by atoms with E-state index in [1.807, 2.05) is 6.08 Å². The van der Waals surface area contributed by atoms with Crippen molar-refractivity contribution in [2.75, 3.05) is 11.9 Å². The molecular formula is C16H17N. The maximum Gasteiger partial charge on any atom is 0.0437 e. The van der Waals surface area contributed by atoms with Crippen LogP contribution in [0, 0.1) is 6.92 Å². The maximum absolute atomic E-state index is 3.76. The van der Waals surface area contributed by atoms with Crippen LogP contribution in [-0.2, 0) is 0 Å². The number of rotatable bonds is 3. The average Bonchev–Trinajstić information content (AvgIpc) is 2.39. The van der Waals surface area contributed by atoms with Crippen LogP contribution in [0.15, 0.2) is 55.1 Å². The second-order valence-corrected chi connectivity index (χ2v) is 4.14. The minimum absolute atomic E-state index is 1.15. The van der Waals surface area contributed by atoms with E-state index in [4.69, 9.17) is 0 Å². The third-order valence-corrected chi connectivity index (χ3v) is 2.99. The molecule has 0 aliphatic heterocycles. The van der Waals surface area contributed by atoms with Crippen molar-refractivity contribution < 1.29 is 0 Å². The zero-order valence-electron chi connectivity index (χ0n) is 10.4. The molecule has 1 nitrogen and oxygen atoms in total. The normalized spacial score (nSPS) is 10.0. The van der Waals surface area contributed by atoms with Crippen molar-refractivity contribution >= 4 is 17.5 Å². The summed E-state index contributed by atoms with van der Waals surface area (Å²) in [6.07, 6.45) is 1.86. The third kappa shape index (κ3) is 2.39. The molecule has 0 aliphatic rings. The number of aryl methyl sites for hydroxylation is 1. The van der Waals surface area contributed by atoms with E-state index in [-0.39, 0.29) is 0 Å². The van der Waals surface area contributed by atoms with E-state index < -0.39 is 0 Å². The molecule has 1 heteroatoms. The number of hydrogen-bond donors (Lipinski definition) is 0. The molecule has 2 aromatic carbocycles. The predicted octanol–water partition coefficient (Wildman–Crippen LogP) is 4.41. The summed E-state index contributed by atoms with van der Waals surface area (Å²) in [6.45, 7) is 5.89. The van der Waals surface area contributed by atoms with Crippen LogP contribution in [0.3, 0.4) is 0 Å². The Kier molecular flexibility index (Phi) is 3.29. The average molecular weight is 223 g/mol. The first-order chi connectivity index (χ1) is 8.22. The van der Waals surface area contributed by atoms with E-state index >= 15 is 0 Å². The van der Waals surface area contributed by atoms with Gasteiger partial charge in [-0.2, -0.15) is 0 Å². The molecule has 0 aliphatic carbocycles. The fourth-order valence-corrected chi connectivity index (χ4v) is 1.91. The lowest BCUT2D eigenvalue weighted by molar-refractivity contribution is 1.18. The lowest BCUT2D eigenvalue weighted by Gasteiger charge is -2.21. The molecule has 0 bridgehead atoms. The van der Waals surface area contributed by atoms with Crippen molar-refractivity contribution in [1.29, 1.82) is 0 Å². The monoisotopic (exact) mass is 223 g/mol. The lowest BCUT2D eigenvalue weighted by atomic mass is 10.1. The smallest absolute Gasteiger partial charge is 0.0437 e. The highest BCUT2D eigenvalue weighted by atomic mass is 15.1. The summed E-state index contributed by atoms with van der Waals surface area (Å²) in [5.41, 5.74) is 4.85. The van der Waals surface area contributed by atoms with E-state index in [9.17, 15) is 0 Å². The van der Waals surface area contributed by atoms with Crippen LogP contribution in [0.4, 0.5) is 11.4 Å². The quantitative estimate of drug-likeness (QED) is 0.745. The zero-order valence-corrected chi connectivity index (χ0v) is 10.4. The number of benzene rings is 2. The number of para-hydroxylation sites is 1. The maximum atomic E-state index is 3.76. The molecule has 0 heterocycles. The van der Waals surface area contributed by atoms with E-state index in [2.05, 4.69) is 74.0 Å². The van der Waals surface area contributed by atoms with Gasteiger partial charge in [-0.1, -0.05) is 43.0 Å². The molecule has 0 aromatic heterocycles. The Labute approximate surface area is 103 Å². The van der Waals surface area contributed by atoms with Gasteiger partial charge in [0.2, 0.25) is 0 Å². The Balaban J connectivity index is 2.33. The molecule has 2 rings (SSSR count). The molecule has 0 amide bonds. The fourth-order valence-electron chi connectivity index (χ4n) is 1.91. The summed E-state index contributed by atoms with van der Waals surface area (Å²) in [5, 5.41) is 0. The van der Waals surface area contributed by atoms with Crippen LogP contribution in [0.25, 0.3) is 6.08 Å². The fraction of sp³-hybridized carbons (Fsp3) is 0.125. The van der Waals surface area contributed by atoms with Gasteiger partial charge < -0.3 is 4.90 Å². The summed E-state index contributed by atoms with van der Waals surface area (Å²) in [4.78, 5) is 2.20. The van der Waals surface area contributed by atoms with Crippen molar-refractivity contribution in [3.63, 3.8) is 0 Å².